The van der Waals surface area contributed by atoms with E-state index in [1.54, 1.807) is 12.4 Å². The molecule has 0 aliphatic carbocycles. The zero-order valence-electron chi connectivity index (χ0n) is 18.6. The molecular weight excluding hydrogens is 406 g/mol. The number of carbonyl (C=O) groups excluding carboxylic acids is 1. The van der Waals surface area contributed by atoms with Crippen molar-refractivity contribution in [2.45, 2.75) is 33.1 Å². The van der Waals surface area contributed by atoms with Crippen LogP contribution in [0.15, 0.2) is 53.3 Å². The Morgan fingerprint density at radius 3 is 2.59 bits per heavy atom. The van der Waals surface area contributed by atoms with Gasteiger partial charge in [0.1, 0.15) is 5.75 Å². The molecule has 2 aromatic heterocycles. The molecular formula is C24H29N5O3. The monoisotopic (exact) mass is 435 g/mol. The summed E-state index contributed by atoms with van der Waals surface area (Å²) in [6.45, 7) is 7.07. The van der Waals surface area contributed by atoms with Crippen molar-refractivity contribution in [2.24, 2.45) is 5.92 Å². The fourth-order valence-electron chi connectivity index (χ4n) is 3.67. The molecule has 1 atom stereocenters. The van der Waals surface area contributed by atoms with E-state index in [1.165, 1.54) is 0 Å². The molecule has 8 nitrogen and oxygen atoms in total. The number of carbonyl (C=O) groups is 1. The molecule has 0 bridgehead atoms. The lowest BCUT2D eigenvalue weighted by Crippen LogP contribution is -2.33. The number of ether oxygens (including phenoxy) is 1. The van der Waals surface area contributed by atoms with Crippen LogP contribution in [-0.4, -0.2) is 52.3 Å². The molecule has 168 valence electrons. The number of amides is 2. The first kappa shape index (κ1) is 21.8. The molecule has 0 N–H and O–H groups in total. The molecule has 3 aromatic rings. The number of benzene rings is 1. The molecule has 1 saturated heterocycles. The number of anilines is 1. The van der Waals surface area contributed by atoms with Gasteiger partial charge < -0.3 is 14.2 Å². The van der Waals surface area contributed by atoms with E-state index in [9.17, 15) is 4.79 Å². The van der Waals surface area contributed by atoms with Gasteiger partial charge in [0.2, 0.25) is 11.7 Å². The van der Waals surface area contributed by atoms with Crippen LogP contribution < -0.4 is 9.64 Å². The van der Waals surface area contributed by atoms with E-state index in [4.69, 9.17) is 9.26 Å². The van der Waals surface area contributed by atoms with Gasteiger partial charge in [-0.1, -0.05) is 19.0 Å². The maximum atomic E-state index is 12.7. The first-order valence-electron chi connectivity index (χ1n) is 11.2. The van der Waals surface area contributed by atoms with E-state index in [2.05, 4.69) is 22.0 Å². The Morgan fingerprint density at radius 2 is 1.88 bits per heavy atom. The molecule has 3 heterocycles. The third kappa shape index (κ3) is 5.25. The Kier molecular flexibility index (Phi) is 6.99. The van der Waals surface area contributed by atoms with Crippen molar-refractivity contribution in [1.29, 1.82) is 0 Å². The van der Waals surface area contributed by atoms with Crippen LogP contribution in [-0.2, 0) is 6.42 Å². The number of hydrogen-bond acceptors (Lipinski definition) is 6. The third-order valence-corrected chi connectivity index (χ3v) is 5.72. The SMILES string of the molecule is CCc1nc(-c2ccc(OCC[C@H](C)CCN3CCN(c4ccncc4)C3=O)cc2)no1. The second kappa shape index (κ2) is 10.3. The number of urea groups is 1. The molecule has 1 aliphatic heterocycles. The summed E-state index contributed by atoms with van der Waals surface area (Å²) in [5.41, 5.74) is 1.82. The van der Waals surface area contributed by atoms with Crippen LogP contribution in [0.3, 0.4) is 0 Å². The van der Waals surface area contributed by atoms with Gasteiger partial charge in [-0.05, 0) is 55.2 Å². The Labute approximate surface area is 188 Å². The minimum atomic E-state index is 0.0763. The molecule has 2 amide bonds. The maximum absolute atomic E-state index is 12.7. The average molecular weight is 436 g/mol. The Balaban J connectivity index is 1.18. The number of aryl methyl sites for hydroxylation is 1. The van der Waals surface area contributed by atoms with Crippen LogP contribution in [0, 0.1) is 5.92 Å². The number of rotatable bonds is 10. The van der Waals surface area contributed by atoms with Gasteiger partial charge in [0.25, 0.3) is 0 Å². The number of pyridine rings is 1. The summed E-state index contributed by atoms with van der Waals surface area (Å²) in [6.07, 6.45) is 6.04. The van der Waals surface area contributed by atoms with Crippen LogP contribution in [0.4, 0.5) is 10.5 Å². The second-order valence-corrected chi connectivity index (χ2v) is 8.05. The van der Waals surface area contributed by atoms with Gasteiger partial charge in [-0.25, -0.2) is 4.79 Å². The quantitative estimate of drug-likeness (QED) is 0.468. The predicted molar refractivity (Wildman–Crippen MR) is 122 cm³/mol. The van der Waals surface area contributed by atoms with Crippen molar-refractivity contribution in [1.82, 2.24) is 20.0 Å². The fourth-order valence-corrected chi connectivity index (χ4v) is 3.67. The summed E-state index contributed by atoms with van der Waals surface area (Å²) in [7, 11) is 0. The van der Waals surface area contributed by atoms with Crippen molar-refractivity contribution >= 4 is 11.7 Å². The van der Waals surface area contributed by atoms with Crippen molar-refractivity contribution in [3.05, 3.63) is 54.7 Å². The smallest absolute Gasteiger partial charge is 0.324 e. The topological polar surface area (TPSA) is 84.6 Å². The van der Waals surface area contributed by atoms with Gasteiger partial charge in [-0.2, -0.15) is 4.98 Å². The van der Waals surface area contributed by atoms with Gasteiger partial charge in [0.15, 0.2) is 0 Å². The maximum Gasteiger partial charge on any atom is 0.324 e. The van der Waals surface area contributed by atoms with Gasteiger partial charge in [-0.3, -0.25) is 9.88 Å². The fraction of sp³-hybridized carbons (Fsp3) is 0.417. The molecule has 8 heteroatoms. The molecule has 0 radical (unpaired) electrons. The lowest BCUT2D eigenvalue weighted by molar-refractivity contribution is 0.214. The summed E-state index contributed by atoms with van der Waals surface area (Å²) in [5, 5.41) is 3.99. The molecule has 0 unspecified atom stereocenters. The summed E-state index contributed by atoms with van der Waals surface area (Å²) < 4.78 is 11.1. The lowest BCUT2D eigenvalue weighted by Gasteiger charge is -2.20. The Bertz CT molecular complexity index is 1010. The zero-order valence-corrected chi connectivity index (χ0v) is 18.6. The summed E-state index contributed by atoms with van der Waals surface area (Å²) >= 11 is 0. The van der Waals surface area contributed by atoms with Crippen molar-refractivity contribution in [3.8, 4) is 17.1 Å². The minimum absolute atomic E-state index is 0.0763. The first-order chi connectivity index (χ1) is 15.6. The highest BCUT2D eigenvalue weighted by molar-refractivity contribution is 5.93. The molecule has 1 aromatic carbocycles. The largest absolute Gasteiger partial charge is 0.494 e. The van der Waals surface area contributed by atoms with Crippen LogP contribution in [0.5, 0.6) is 5.75 Å². The zero-order chi connectivity index (χ0) is 22.3. The van der Waals surface area contributed by atoms with Crippen LogP contribution in [0.1, 0.15) is 32.6 Å². The Morgan fingerprint density at radius 1 is 1.09 bits per heavy atom. The van der Waals surface area contributed by atoms with Crippen molar-refractivity contribution < 1.29 is 14.1 Å². The second-order valence-electron chi connectivity index (χ2n) is 8.05. The summed E-state index contributed by atoms with van der Waals surface area (Å²) in [6, 6.07) is 11.6. The summed E-state index contributed by atoms with van der Waals surface area (Å²) in [5.74, 6) is 2.52. The molecule has 1 fully saturated rings. The number of aromatic nitrogens is 3. The van der Waals surface area contributed by atoms with Gasteiger partial charge in [0.05, 0.1) is 6.61 Å². The van der Waals surface area contributed by atoms with Gasteiger partial charge in [-0.15, -0.1) is 0 Å². The highest BCUT2D eigenvalue weighted by Crippen LogP contribution is 2.22. The van der Waals surface area contributed by atoms with E-state index in [0.717, 1.165) is 55.9 Å². The van der Waals surface area contributed by atoms with Crippen LogP contribution in [0.2, 0.25) is 0 Å². The van der Waals surface area contributed by atoms with Crippen LogP contribution >= 0.6 is 0 Å². The van der Waals surface area contributed by atoms with Gasteiger partial charge in [0, 0.05) is 49.7 Å². The van der Waals surface area contributed by atoms with E-state index in [0.29, 0.717) is 24.2 Å². The number of hydrogen-bond donors (Lipinski definition) is 0. The highest BCUT2D eigenvalue weighted by atomic mass is 16.5. The predicted octanol–water partition coefficient (Wildman–Crippen LogP) is 4.43. The highest BCUT2D eigenvalue weighted by Gasteiger charge is 2.29. The Hall–Kier alpha value is -3.42. The molecule has 32 heavy (non-hydrogen) atoms. The third-order valence-electron chi connectivity index (χ3n) is 5.72. The lowest BCUT2D eigenvalue weighted by atomic mass is 10.0. The van der Waals surface area contributed by atoms with E-state index in [-0.39, 0.29) is 6.03 Å². The first-order valence-corrected chi connectivity index (χ1v) is 11.2. The molecule has 4 rings (SSSR count). The summed E-state index contributed by atoms with van der Waals surface area (Å²) in [4.78, 5) is 24.8. The van der Waals surface area contributed by atoms with Crippen molar-refractivity contribution in [3.63, 3.8) is 0 Å². The van der Waals surface area contributed by atoms with E-state index in [1.807, 2.05) is 53.1 Å². The minimum Gasteiger partial charge on any atom is -0.494 e. The van der Waals surface area contributed by atoms with Crippen LogP contribution in [0.25, 0.3) is 11.4 Å². The van der Waals surface area contributed by atoms with E-state index >= 15 is 0 Å². The number of nitrogens with zero attached hydrogens (tertiary/aromatic N) is 5. The molecule has 0 saturated carbocycles. The van der Waals surface area contributed by atoms with Gasteiger partial charge >= 0.3 is 6.03 Å². The standard InChI is InChI=1S/C24H29N5O3/c1-3-22-26-23(27-32-22)19-4-6-21(7-5-19)31-17-11-18(2)10-14-28-15-16-29(24(28)30)20-8-12-25-13-9-20/h4-9,12-13,18H,3,10-11,14-17H2,1-2H3/t18-/m1/s1. The average Bonchev–Trinajstić information content (AvgIpc) is 3.45. The molecule has 0 spiro atoms. The molecule has 1 aliphatic rings. The van der Waals surface area contributed by atoms with E-state index < -0.39 is 0 Å². The van der Waals surface area contributed by atoms with Crippen molar-refractivity contribution in [2.75, 3.05) is 31.1 Å². The normalized spacial score (nSPS) is 14.8.